The van der Waals surface area contributed by atoms with Gasteiger partial charge in [0.2, 0.25) is 0 Å². The maximum atomic E-state index is 12.8. The third-order valence-corrected chi connectivity index (χ3v) is 5.88. The second-order valence-corrected chi connectivity index (χ2v) is 8.75. The Morgan fingerprint density at radius 3 is 2.41 bits per heavy atom. The molecule has 190 valence electrons. The van der Waals surface area contributed by atoms with Crippen LogP contribution in [-0.2, 0) is 16.1 Å². The Hall–Kier alpha value is -4.09. The Labute approximate surface area is 224 Å². The van der Waals surface area contributed by atoms with Crippen molar-refractivity contribution in [2.24, 2.45) is 0 Å². The van der Waals surface area contributed by atoms with Gasteiger partial charge in [0.15, 0.2) is 11.5 Å². The van der Waals surface area contributed by atoms with Crippen molar-refractivity contribution in [3.63, 3.8) is 0 Å². The Kier molecular flexibility index (Phi) is 9.87. The van der Waals surface area contributed by atoms with E-state index in [0.717, 1.165) is 11.1 Å². The summed E-state index contributed by atoms with van der Waals surface area (Å²) in [5.74, 6) is -0.00351. The van der Waals surface area contributed by atoms with Crippen LogP contribution in [0.5, 0.6) is 11.5 Å². The molecule has 0 aliphatic heterocycles. The molecule has 0 aliphatic rings. The van der Waals surface area contributed by atoms with Crippen molar-refractivity contribution in [1.29, 1.82) is 5.26 Å². The van der Waals surface area contributed by atoms with E-state index in [2.05, 4.69) is 21.2 Å². The number of nitrogens with zero attached hydrogens (tertiary/aromatic N) is 1. The number of carbonyl (C=O) groups excluding carboxylic acids is 2. The van der Waals surface area contributed by atoms with E-state index in [4.69, 9.17) is 14.2 Å². The average molecular weight is 563 g/mol. The average Bonchev–Trinajstić information content (AvgIpc) is 2.88. The molecule has 0 saturated carbocycles. The van der Waals surface area contributed by atoms with Gasteiger partial charge in [-0.1, -0.05) is 24.3 Å². The van der Waals surface area contributed by atoms with E-state index in [1.807, 2.05) is 44.2 Å². The van der Waals surface area contributed by atoms with E-state index in [0.29, 0.717) is 46.0 Å². The highest BCUT2D eigenvalue weighted by molar-refractivity contribution is 9.10. The topological polar surface area (TPSA) is 97.7 Å². The summed E-state index contributed by atoms with van der Waals surface area (Å²) in [4.78, 5) is 24.6. The molecular formula is C29H27BrN2O5. The van der Waals surface area contributed by atoms with Gasteiger partial charge in [-0.3, -0.25) is 4.79 Å². The lowest BCUT2D eigenvalue weighted by Gasteiger charge is -2.15. The lowest BCUT2D eigenvalue weighted by atomic mass is 10.1. The Morgan fingerprint density at radius 1 is 1.03 bits per heavy atom. The second kappa shape index (κ2) is 13.3. The van der Waals surface area contributed by atoms with Gasteiger partial charge in [-0.2, -0.15) is 5.26 Å². The fraction of sp³-hybridized carbons (Fsp3) is 0.207. The molecule has 0 radical (unpaired) electrons. The van der Waals surface area contributed by atoms with Crippen LogP contribution in [0.1, 0.15) is 40.9 Å². The van der Waals surface area contributed by atoms with Crippen LogP contribution in [0.25, 0.3) is 6.08 Å². The van der Waals surface area contributed by atoms with Crippen LogP contribution in [0.4, 0.5) is 5.69 Å². The number of hydrogen-bond donors (Lipinski definition) is 1. The number of halogens is 1. The first-order valence-corrected chi connectivity index (χ1v) is 12.5. The molecule has 0 heterocycles. The van der Waals surface area contributed by atoms with Gasteiger partial charge in [0.05, 0.1) is 23.2 Å². The van der Waals surface area contributed by atoms with Crippen LogP contribution in [0.2, 0.25) is 0 Å². The Morgan fingerprint density at radius 2 is 1.76 bits per heavy atom. The lowest BCUT2D eigenvalue weighted by molar-refractivity contribution is -0.112. The number of aryl methyl sites for hydroxylation is 1. The first-order chi connectivity index (χ1) is 17.9. The minimum Gasteiger partial charge on any atom is -0.490 e. The van der Waals surface area contributed by atoms with Gasteiger partial charge >= 0.3 is 5.97 Å². The summed E-state index contributed by atoms with van der Waals surface area (Å²) in [5.41, 5.74) is 3.47. The smallest absolute Gasteiger partial charge is 0.338 e. The van der Waals surface area contributed by atoms with Gasteiger partial charge in [-0.25, -0.2) is 4.79 Å². The number of ether oxygens (including phenoxy) is 3. The summed E-state index contributed by atoms with van der Waals surface area (Å²) in [6.45, 7) is 6.66. The number of rotatable bonds is 10. The Bertz CT molecular complexity index is 1340. The largest absolute Gasteiger partial charge is 0.490 e. The molecular weight excluding hydrogens is 536 g/mol. The normalized spacial score (nSPS) is 10.8. The quantitative estimate of drug-likeness (QED) is 0.173. The van der Waals surface area contributed by atoms with Crippen molar-refractivity contribution in [2.45, 2.75) is 27.4 Å². The SMILES string of the molecule is CCOC(=O)c1ccc(NC(=O)/C(C#N)=C/c2cc(Br)c(OCc3ccccc3C)c(OCC)c2)cc1. The van der Waals surface area contributed by atoms with Gasteiger partial charge < -0.3 is 19.5 Å². The van der Waals surface area contributed by atoms with E-state index in [1.54, 1.807) is 43.3 Å². The lowest BCUT2D eigenvalue weighted by Crippen LogP contribution is -2.13. The van der Waals surface area contributed by atoms with Crippen LogP contribution in [0.15, 0.2) is 70.7 Å². The number of benzene rings is 3. The monoisotopic (exact) mass is 562 g/mol. The van der Waals surface area contributed by atoms with Gasteiger partial charge in [0, 0.05) is 5.69 Å². The van der Waals surface area contributed by atoms with Gasteiger partial charge in [-0.05, 0) is 95.9 Å². The van der Waals surface area contributed by atoms with Crippen molar-refractivity contribution in [3.8, 4) is 17.6 Å². The standard InChI is InChI=1S/C29H27BrN2O5/c1-4-35-26-16-20(15-25(30)27(26)37-18-22-9-7-6-8-19(22)3)14-23(17-31)28(33)32-24-12-10-21(11-13-24)29(34)36-5-2/h6-16H,4-5,18H2,1-3H3,(H,32,33)/b23-14+. The molecule has 0 bridgehead atoms. The summed E-state index contributed by atoms with van der Waals surface area (Å²) >= 11 is 3.54. The summed E-state index contributed by atoms with van der Waals surface area (Å²) in [5, 5.41) is 12.3. The molecule has 0 unspecified atom stereocenters. The van der Waals surface area contributed by atoms with Crippen molar-refractivity contribution >= 4 is 39.6 Å². The van der Waals surface area contributed by atoms with Crippen molar-refractivity contribution in [1.82, 2.24) is 0 Å². The molecule has 0 saturated heterocycles. The molecule has 3 rings (SSSR count). The predicted molar refractivity (Wildman–Crippen MR) is 145 cm³/mol. The zero-order valence-corrected chi connectivity index (χ0v) is 22.4. The number of esters is 1. The molecule has 37 heavy (non-hydrogen) atoms. The highest BCUT2D eigenvalue weighted by Gasteiger charge is 2.15. The molecule has 8 heteroatoms. The summed E-state index contributed by atoms with van der Waals surface area (Å²) in [6, 6.07) is 19.6. The first kappa shape index (κ1) is 27.5. The minimum absolute atomic E-state index is 0.0996. The molecule has 0 aromatic heterocycles. The third kappa shape index (κ3) is 7.45. The fourth-order valence-electron chi connectivity index (χ4n) is 3.41. The zero-order chi connectivity index (χ0) is 26.8. The predicted octanol–water partition coefficient (Wildman–Crippen LogP) is 6.46. The van der Waals surface area contributed by atoms with Crippen LogP contribution in [0.3, 0.4) is 0 Å². The maximum absolute atomic E-state index is 12.8. The van der Waals surface area contributed by atoms with Crippen molar-refractivity contribution in [3.05, 3.63) is 93.0 Å². The summed E-state index contributed by atoms with van der Waals surface area (Å²) in [6.07, 6.45) is 1.47. The number of carbonyl (C=O) groups is 2. The second-order valence-electron chi connectivity index (χ2n) is 7.90. The molecule has 0 spiro atoms. The molecule has 3 aromatic carbocycles. The van der Waals surface area contributed by atoms with E-state index in [-0.39, 0.29) is 12.2 Å². The molecule has 0 fully saturated rings. The van der Waals surface area contributed by atoms with Gasteiger partial charge in [-0.15, -0.1) is 0 Å². The Balaban J connectivity index is 1.80. The molecule has 0 atom stereocenters. The molecule has 0 aliphatic carbocycles. The molecule has 3 aromatic rings. The van der Waals surface area contributed by atoms with Crippen LogP contribution >= 0.6 is 15.9 Å². The maximum Gasteiger partial charge on any atom is 0.338 e. The van der Waals surface area contributed by atoms with Gasteiger partial charge in [0.1, 0.15) is 18.2 Å². The highest BCUT2D eigenvalue weighted by Crippen LogP contribution is 2.38. The minimum atomic E-state index is -0.583. The first-order valence-electron chi connectivity index (χ1n) is 11.7. The van der Waals surface area contributed by atoms with Crippen LogP contribution in [-0.4, -0.2) is 25.1 Å². The van der Waals surface area contributed by atoms with Crippen molar-refractivity contribution in [2.75, 3.05) is 18.5 Å². The summed E-state index contributed by atoms with van der Waals surface area (Å²) in [7, 11) is 0. The third-order valence-electron chi connectivity index (χ3n) is 5.29. The van der Waals surface area contributed by atoms with Gasteiger partial charge in [0.25, 0.3) is 5.91 Å². The molecule has 1 amide bonds. The summed E-state index contributed by atoms with van der Waals surface area (Å²) < 4.78 is 17.5. The van der Waals surface area contributed by atoms with E-state index >= 15 is 0 Å². The number of nitriles is 1. The molecule has 1 N–H and O–H groups in total. The molecule has 7 nitrogen and oxygen atoms in total. The highest BCUT2D eigenvalue weighted by atomic mass is 79.9. The van der Waals surface area contributed by atoms with Crippen LogP contribution < -0.4 is 14.8 Å². The number of amides is 1. The number of hydrogen-bond acceptors (Lipinski definition) is 6. The number of anilines is 1. The fourth-order valence-corrected chi connectivity index (χ4v) is 3.99. The number of nitrogens with one attached hydrogen (secondary N) is 1. The van der Waals surface area contributed by atoms with E-state index < -0.39 is 11.9 Å². The van der Waals surface area contributed by atoms with Crippen molar-refractivity contribution < 1.29 is 23.8 Å². The zero-order valence-electron chi connectivity index (χ0n) is 20.8. The van der Waals surface area contributed by atoms with E-state index in [1.165, 1.54) is 6.08 Å². The van der Waals surface area contributed by atoms with E-state index in [9.17, 15) is 14.9 Å². The van der Waals surface area contributed by atoms with Crippen LogP contribution in [0, 0.1) is 18.3 Å².